The summed E-state index contributed by atoms with van der Waals surface area (Å²) in [7, 11) is 0. The lowest BCUT2D eigenvalue weighted by Crippen LogP contribution is -2.43. The maximum absolute atomic E-state index is 14.6. The largest absolute Gasteiger partial charge is 0.399 e. The molecule has 2 aliphatic carbocycles. The minimum absolute atomic E-state index is 0.0689. The highest BCUT2D eigenvalue weighted by atomic mass is 19.1. The Morgan fingerprint density at radius 1 is 1.19 bits per heavy atom. The molecular weight excluding hydrogens is 334 g/mol. The molecule has 0 amide bonds. The predicted molar refractivity (Wildman–Crippen MR) is 89.6 cm³/mol. The number of fused-ring (bicyclic) bond motifs is 1. The summed E-state index contributed by atoms with van der Waals surface area (Å²) < 4.78 is 28.0. The number of nitrogens with two attached hydrogens (primary N) is 1. The lowest BCUT2D eigenvalue weighted by molar-refractivity contribution is 0.278. The van der Waals surface area contributed by atoms with Crippen molar-refractivity contribution >= 4 is 0 Å². The minimum Gasteiger partial charge on any atom is -0.399 e. The van der Waals surface area contributed by atoms with Crippen LogP contribution in [0.1, 0.15) is 31.2 Å². The van der Waals surface area contributed by atoms with Gasteiger partial charge in [-0.05, 0) is 41.9 Å². The Labute approximate surface area is 150 Å². The average molecular weight is 350 g/mol. The Bertz CT molecular complexity index is 941. The van der Waals surface area contributed by atoms with E-state index >= 15 is 0 Å². The smallest absolute Gasteiger partial charge is 0.191 e. The van der Waals surface area contributed by atoms with Crippen LogP contribution < -0.4 is 5.73 Å². The van der Waals surface area contributed by atoms with Gasteiger partial charge in [-0.2, -0.15) is 15.8 Å². The zero-order chi connectivity index (χ0) is 19.1. The van der Waals surface area contributed by atoms with E-state index in [0.717, 1.165) is 18.6 Å². The van der Waals surface area contributed by atoms with Crippen LogP contribution in [0.15, 0.2) is 41.1 Å². The summed E-state index contributed by atoms with van der Waals surface area (Å²) in [6.45, 7) is 2.01. The predicted octanol–water partition coefficient (Wildman–Crippen LogP) is 3.80. The third-order valence-electron chi connectivity index (χ3n) is 5.41. The summed E-state index contributed by atoms with van der Waals surface area (Å²) in [6.07, 6.45) is 3.20. The standard InChI is InChI=1S/C20H16F2N4/c1-11-2-4-13-15(6-11)18(14-5-3-12(21)7-17(14)22)20(9-24,10-25)19(26)16(13)8-23/h3-5,7,11,15,18H,2,6,26H2,1H3/t11-,15-,18-/m0/s1. The molecule has 0 saturated heterocycles. The molecule has 0 heterocycles. The lowest BCUT2D eigenvalue weighted by Gasteiger charge is -2.44. The van der Waals surface area contributed by atoms with Crippen molar-refractivity contribution < 1.29 is 8.78 Å². The molecule has 3 rings (SSSR count). The second kappa shape index (κ2) is 6.28. The molecule has 0 fully saturated rings. The number of benzene rings is 1. The fourth-order valence-corrected chi connectivity index (χ4v) is 4.17. The van der Waals surface area contributed by atoms with E-state index in [1.54, 1.807) is 0 Å². The Morgan fingerprint density at radius 2 is 1.88 bits per heavy atom. The van der Waals surface area contributed by atoms with Crippen LogP contribution in [-0.4, -0.2) is 0 Å². The Morgan fingerprint density at radius 3 is 2.46 bits per heavy atom. The van der Waals surface area contributed by atoms with Crippen LogP contribution in [0.2, 0.25) is 0 Å². The van der Waals surface area contributed by atoms with Crippen molar-refractivity contribution in [1.29, 1.82) is 15.8 Å². The van der Waals surface area contributed by atoms with Crippen molar-refractivity contribution in [2.24, 2.45) is 23.0 Å². The van der Waals surface area contributed by atoms with E-state index < -0.39 is 28.9 Å². The number of allylic oxidation sites excluding steroid dienone is 4. The first-order valence-corrected chi connectivity index (χ1v) is 8.27. The van der Waals surface area contributed by atoms with Gasteiger partial charge < -0.3 is 5.73 Å². The molecular formula is C20H16F2N4. The first kappa shape index (κ1) is 17.6. The summed E-state index contributed by atoms with van der Waals surface area (Å²) in [6, 6.07) is 9.00. The van der Waals surface area contributed by atoms with Crippen molar-refractivity contribution in [3.05, 3.63) is 58.3 Å². The molecule has 26 heavy (non-hydrogen) atoms. The Balaban J connectivity index is 2.36. The second-order valence-corrected chi connectivity index (χ2v) is 6.92. The summed E-state index contributed by atoms with van der Waals surface area (Å²) in [5.41, 5.74) is 4.92. The number of nitrogens with zero attached hydrogens (tertiary/aromatic N) is 3. The molecule has 6 heteroatoms. The number of hydrogen-bond acceptors (Lipinski definition) is 4. The highest BCUT2D eigenvalue weighted by Crippen LogP contribution is 2.56. The fraction of sp³-hybridized carbons (Fsp3) is 0.350. The van der Waals surface area contributed by atoms with E-state index in [9.17, 15) is 24.6 Å². The van der Waals surface area contributed by atoms with E-state index in [1.165, 1.54) is 6.07 Å². The van der Waals surface area contributed by atoms with Crippen molar-refractivity contribution in [2.75, 3.05) is 0 Å². The first-order valence-electron chi connectivity index (χ1n) is 8.27. The third-order valence-corrected chi connectivity index (χ3v) is 5.41. The molecule has 0 radical (unpaired) electrons. The maximum atomic E-state index is 14.6. The van der Waals surface area contributed by atoms with Gasteiger partial charge in [0.05, 0.1) is 23.4 Å². The van der Waals surface area contributed by atoms with Crippen LogP contribution in [0.5, 0.6) is 0 Å². The van der Waals surface area contributed by atoms with Gasteiger partial charge in [0.2, 0.25) is 0 Å². The van der Waals surface area contributed by atoms with Crippen LogP contribution in [0.25, 0.3) is 0 Å². The third kappa shape index (κ3) is 2.37. The molecule has 130 valence electrons. The van der Waals surface area contributed by atoms with Gasteiger partial charge in [-0.1, -0.05) is 19.1 Å². The van der Waals surface area contributed by atoms with Gasteiger partial charge in [0.25, 0.3) is 0 Å². The molecule has 0 bridgehead atoms. The van der Waals surface area contributed by atoms with Crippen LogP contribution in [0.3, 0.4) is 0 Å². The van der Waals surface area contributed by atoms with Gasteiger partial charge in [0, 0.05) is 12.0 Å². The number of nitriles is 3. The number of hydrogen-bond donors (Lipinski definition) is 1. The van der Waals surface area contributed by atoms with Crippen molar-refractivity contribution in [2.45, 2.75) is 25.7 Å². The van der Waals surface area contributed by atoms with Gasteiger partial charge >= 0.3 is 0 Å². The SMILES string of the molecule is C[C@H]1CC=C2C(C#N)=C(N)C(C#N)(C#N)[C@@H](c3ccc(F)cc3F)[C@H]2C1. The maximum Gasteiger partial charge on any atom is 0.191 e. The fourth-order valence-electron chi connectivity index (χ4n) is 4.17. The molecule has 2 N–H and O–H groups in total. The molecule has 3 atom stereocenters. The van der Waals surface area contributed by atoms with Crippen LogP contribution in [-0.2, 0) is 0 Å². The van der Waals surface area contributed by atoms with E-state index in [4.69, 9.17) is 5.73 Å². The van der Waals surface area contributed by atoms with Crippen molar-refractivity contribution in [3.63, 3.8) is 0 Å². The van der Waals surface area contributed by atoms with Gasteiger partial charge in [-0.25, -0.2) is 8.78 Å². The van der Waals surface area contributed by atoms with E-state index in [-0.39, 0.29) is 22.8 Å². The second-order valence-electron chi connectivity index (χ2n) is 6.92. The number of halogens is 2. The van der Waals surface area contributed by atoms with Crippen LogP contribution in [0, 0.1) is 62.9 Å². The van der Waals surface area contributed by atoms with Gasteiger partial charge in [-0.15, -0.1) is 0 Å². The Hall–Kier alpha value is -3.17. The monoisotopic (exact) mass is 350 g/mol. The molecule has 2 aliphatic rings. The zero-order valence-electron chi connectivity index (χ0n) is 14.1. The molecule has 0 aromatic heterocycles. The quantitative estimate of drug-likeness (QED) is 0.833. The molecule has 1 aromatic carbocycles. The van der Waals surface area contributed by atoms with Gasteiger partial charge in [0.1, 0.15) is 17.7 Å². The summed E-state index contributed by atoms with van der Waals surface area (Å²) >= 11 is 0. The molecule has 0 spiro atoms. The first-order chi connectivity index (χ1) is 12.4. The van der Waals surface area contributed by atoms with E-state index in [1.807, 2.05) is 31.2 Å². The molecule has 0 unspecified atom stereocenters. The number of rotatable bonds is 1. The normalized spacial score (nSPS) is 26.8. The van der Waals surface area contributed by atoms with Gasteiger partial charge in [0.15, 0.2) is 5.41 Å². The van der Waals surface area contributed by atoms with Gasteiger partial charge in [-0.3, -0.25) is 0 Å². The van der Waals surface area contributed by atoms with E-state index in [0.29, 0.717) is 12.0 Å². The van der Waals surface area contributed by atoms with Crippen LogP contribution in [0.4, 0.5) is 8.78 Å². The summed E-state index contributed by atoms with van der Waals surface area (Å²) in [5, 5.41) is 29.3. The zero-order valence-corrected chi connectivity index (χ0v) is 14.1. The summed E-state index contributed by atoms with van der Waals surface area (Å²) in [4.78, 5) is 0. The molecule has 0 saturated carbocycles. The molecule has 0 aliphatic heterocycles. The van der Waals surface area contributed by atoms with Crippen molar-refractivity contribution in [1.82, 2.24) is 0 Å². The summed E-state index contributed by atoms with van der Waals surface area (Å²) in [5.74, 6) is -2.65. The topological polar surface area (TPSA) is 97.4 Å². The average Bonchev–Trinajstić information content (AvgIpc) is 2.62. The lowest BCUT2D eigenvalue weighted by atomic mass is 9.56. The van der Waals surface area contributed by atoms with E-state index in [2.05, 4.69) is 0 Å². The Kier molecular flexibility index (Phi) is 4.26. The highest BCUT2D eigenvalue weighted by Gasteiger charge is 2.54. The molecule has 1 aromatic rings. The minimum atomic E-state index is -1.89. The highest BCUT2D eigenvalue weighted by molar-refractivity contribution is 5.59. The molecule has 4 nitrogen and oxygen atoms in total. The van der Waals surface area contributed by atoms with Crippen LogP contribution >= 0.6 is 0 Å². The van der Waals surface area contributed by atoms with Crippen molar-refractivity contribution in [3.8, 4) is 18.2 Å².